The highest BCUT2D eigenvalue weighted by Gasteiger charge is 2.28. The molecule has 1 fully saturated rings. The Hall–Kier alpha value is -0.200. The van der Waals surface area contributed by atoms with Gasteiger partial charge in [-0.1, -0.05) is 6.92 Å². The molecule has 108 valence electrons. The Labute approximate surface area is 111 Å². The minimum atomic E-state index is -0.138. The number of likely N-dealkylation sites (N-methyl/N-ethyl adjacent to an activating group) is 2. The second-order valence-electron chi connectivity index (χ2n) is 5.23. The first-order valence-corrected chi connectivity index (χ1v) is 6.93. The zero-order chi connectivity index (χ0) is 13.5. The van der Waals surface area contributed by atoms with Gasteiger partial charge in [0, 0.05) is 31.8 Å². The Morgan fingerprint density at radius 2 is 2.28 bits per heavy atom. The quantitative estimate of drug-likeness (QED) is 0.629. The van der Waals surface area contributed by atoms with Crippen molar-refractivity contribution in [3.05, 3.63) is 0 Å². The van der Waals surface area contributed by atoms with E-state index in [9.17, 15) is 5.11 Å². The summed E-state index contributed by atoms with van der Waals surface area (Å²) in [6.45, 7) is 6.04. The first-order chi connectivity index (χ1) is 8.63. The average molecular weight is 259 g/mol. The van der Waals surface area contributed by atoms with Crippen LogP contribution in [0.4, 0.5) is 0 Å². The molecule has 1 rings (SSSR count). The van der Waals surface area contributed by atoms with Crippen LogP contribution in [0.15, 0.2) is 0 Å². The number of methoxy groups -OCH3 is 1. The average Bonchev–Trinajstić information content (AvgIpc) is 2.77. The van der Waals surface area contributed by atoms with Gasteiger partial charge in [0.25, 0.3) is 0 Å². The molecule has 1 aliphatic rings. The summed E-state index contributed by atoms with van der Waals surface area (Å²) >= 11 is 0. The van der Waals surface area contributed by atoms with E-state index in [1.54, 1.807) is 7.11 Å². The second kappa shape index (κ2) is 8.07. The standard InChI is InChI=1S/C13H29N3O2/c1-4-16-7-5-6-11(16)8-15(2)13(9-17)12(14)10-18-3/h11-13,17H,4-10,14H2,1-3H3. The molecule has 18 heavy (non-hydrogen) atoms. The van der Waals surface area contributed by atoms with Gasteiger partial charge >= 0.3 is 0 Å². The van der Waals surface area contributed by atoms with Crippen LogP contribution >= 0.6 is 0 Å². The van der Waals surface area contributed by atoms with Crippen molar-refractivity contribution < 1.29 is 9.84 Å². The number of hydrogen-bond acceptors (Lipinski definition) is 5. The third-order valence-corrected chi connectivity index (χ3v) is 4.01. The first kappa shape index (κ1) is 15.9. The predicted molar refractivity (Wildman–Crippen MR) is 73.6 cm³/mol. The third kappa shape index (κ3) is 4.17. The molecule has 3 N–H and O–H groups in total. The molecular formula is C13H29N3O2. The minimum absolute atomic E-state index is 0.0238. The van der Waals surface area contributed by atoms with E-state index in [-0.39, 0.29) is 18.7 Å². The lowest BCUT2D eigenvalue weighted by molar-refractivity contribution is 0.0706. The summed E-state index contributed by atoms with van der Waals surface area (Å²) in [5.41, 5.74) is 6.04. The van der Waals surface area contributed by atoms with Crippen LogP contribution in [-0.4, -0.2) is 80.0 Å². The normalized spacial score (nSPS) is 24.7. The van der Waals surface area contributed by atoms with Crippen LogP contribution in [0.5, 0.6) is 0 Å². The summed E-state index contributed by atoms with van der Waals surface area (Å²) in [5.74, 6) is 0. The smallest absolute Gasteiger partial charge is 0.0629 e. The summed E-state index contributed by atoms with van der Waals surface area (Å²) in [6, 6.07) is 0.439. The van der Waals surface area contributed by atoms with Crippen LogP contribution in [0, 0.1) is 0 Å². The van der Waals surface area contributed by atoms with E-state index in [0.29, 0.717) is 12.6 Å². The van der Waals surface area contributed by atoms with Gasteiger partial charge in [0.15, 0.2) is 0 Å². The molecule has 0 spiro atoms. The van der Waals surface area contributed by atoms with Gasteiger partial charge in [0.05, 0.1) is 13.2 Å². The molecule has 0 aromatic rings. The summed E-state index contributed by atoms with van der Waals surface area (Å²) in [4.78, 5) is 4.69. The number of likely N-dealkylation sites (tertiary alicyclic amines) is 1. The largest absolute Gasteiger partial charge is 0.395 e. The van der Waals surface area contributed by atoms with E-state index in [1.165, 1.54) is 19.4 Å². The molecule has 0 saturated carbocycles. The van der Waals surface area contributed by atoms with E-state index < -0.39 is 0 Å². The van der Waals surface area contributed by atoms with Crippen LogP contribution in [0.2, 0.25) is 0 Å². The van der Waals surface area contributed by atoms with Gasteiger partial charge in [0.2, 0.25) is 0 Å². The molecule has 0 radical (unpaired) electrons. The van der Waals surface area contributed by atoms with Gasteiger partial charge in [-0.3, -0.25) is 9.80 Å². The molecule has 0 aromatic carbocycles. The van der Waals surface area contributed by atoms with Crippen molar-refractivity contribution in [2.75, 3.05) is 47.0 Å². The molecule has 5 nitrogen and oxygen atoms in total. The summed E-state index contributed by atoms with van der Waals surface area (Å²) < 4.78 is 5.08. The Kier molecular flexibility index (Phi) is 7.11. The molecule has 0 aromatic heterocycles. The Morgan fingerprint density at radius 1 is 1.56 bits per heavy atom. The number of rotatable bonds is 8. The molecule has 0 amide bonds. The van der Waals surface area contributed by atoms with Gasteiger partial charge in [-0.25, -0.2) is 0 Å². The van der Waals surface area contributed by atoms with E-state index >= 15 is 0 Å². The Balaban J connectivity index is 2.48. The van der Waals surface area contributed by atoms with Crippen LogP contribution in [0.25, 0.3) is 0 Å². The highest BCUT2D eigenvalue weighted by atomic mass is 16.5. The molecule has 1 saturated heterocycles. The van der Waals surface area contributed by atoms with E-state index in [2.05, 4.69) is 16.7 Å². The van der Waals surface area contributed by atoms with Gasteiger partial charge in [0.1, 0.15) is 0 Å². The Bertz CT molecular complexity index is 228. The van der Waals surface area contributed by atoms with Crippen molar-refractivity contribution in [2.45, 2.75) is 37.9 Å². The molecule has 5 heteroatoms. The van der Waals surface area contributed by atoms with Crippen LogP contribution in [-0.2, 0) is 4.74 Å². The number of hydrogen-bond donors (Lipinski definition) is 2. The third-order valence-electron chi connectivity index (χ3n) is 4.01. The minimum Gasteiger partial charge on any atom is -0.395 e. The fourth-order valence-electron chi connectivity index (χ4n) is 2.89. The first-order valence-electron chi connectivity index (χ1n) is 6.93. The lowest BCUT2D eigenvalue weighted by Crippen LogP contribution is -2.53. The lowest BCUT2D eigenvalue weighted by Gasteiger charge is -2.34. The topological polar surface area (TPSA) is 62.0 Å². The highest BCUT2D eigenvalue weighted by molar-refractivity contribution is 4.86. The van der Waals surface area contributed by atoms with Crippen molar-refractivity contribution in [1.29, 1.82) is 0 Å². The summed E-state index contributed by atoms with van der Waals surface area (Å²) in [7, 11) is 3.69. The van der Waals surface area contributed by atoms with Crippen molar-refractivity contribution in [2.24, 2.45) is 5.73 Å². The fraction of sp³-hybridized carbons (Fsp3) is 1.00. The van der Waals surface area contributed by atoms with Gasteiger partial charge in [-0.15, -0.1) is 0 Å². The molecule has 3 unspecified atom stereocenters. The van der Waals surface area contributed by atoms with Crippen LogP contribution < -0.4 is 5.73 Å². The number of aliphatic hydroxyl groups excluding tert-OH is 1. The molecular weight excluding hydrogens is 230 g/mol. The number of aliphatic hydroxyl groups is 1. The van der Waals surface area contributed by atoms with E-state index in [1.807, 2.05) is 7.05 Å². The van der Waals surface area contributed by atoms with Gasteiger partial charge in [-0.05, 0) is 33.0 Å². The zero-order valence-corrected chi connectivity index (χ0v) is 12.0. The molecule has 0 bridgehead atoms. The second-order valence-corrected chi connectivity index (χ2v) is 5.23. The monoisotopic (exact) mass is 259 g/mol. The van der Waals surface area contributed by atoms with Gasteiger partial charge < -0.3 is 15.6 Å². The number of nitrogens with zero attached hydrogens (tertiary/aromatic N) is 2. The maximum Gasteiger partial charge on any atom is 0.0629 e. The molecule has 3 atom stereocenters. The lowest BCUT2D eigenvalue weighted by atomic mass is 10.1. The van der Waals surface area contributed by atoms with Crippen molar-refractivity contribution in [3.63, 3.8) is 0 Å². The van der Waals surface area contributed by atoms with Crippen molar-refractivity contribution in [1.82, 2.24) is 9.80 Å². The van der Waals surface area contributed by atoms with Crippen molar-refractivity contribution in [3.8, 4) is 0 Å². The zero-order valence-electron chi connectivity index (χ0n) is 12.0. The predicted octanol–water partition coefficient (Wildman–Crippen LogP) is -0.263. The maximum absolute atomic E-state index is 9.50. The van der Waals surface area contributed by atoms with Crippen LogP contribution in [0.1, 0.15) is 19.8 Å². The molecule has 1 heterocycles. The maximum atomic E-state index is 9.50. The van der Waals surface area contributed by atoms with Gasteiger partial charge in [-0.2, -0.15) is 0 Å². The highest BCUT2D eigenvalue weighted by Crippen LogP contribution is 2.18. The summed E-state index contributed by atoms with van der Waals surface area (Å²) in [5, 5.41) is 9.50. The fourth-order valence-corrected chi connectivity index (χ4v) is 2.89. The SMILES string of the molecule is CCN1CCCC1CN(C)C(CO)C(N)COC. The number of ether oxygens (including phenoxy) is 1. The Morgan fingerprint density at radius 3 is 2.83 bits per heavy atom. The van der Waals surface area contributed by atoms with E-state index in [4.69, 9.17) is 10.5 Å². The van der Waals surface area contributed by atoms with E-state index in [0.717, 1.165) is 13.1 Å². The molecule has 1 aliphatic heterocycles. The summed E-state index contributed by atoms with van der Waals surface area (Å²) in [6.07, 6.45) is 2.52. The van der Waals surface area contributed by atoms with Crippen LogP contribution in [0.3, 0.4) is 0 Å². The number of nitrogens with two attached hydrogens (primary N) is 1. The molecule has 0 aliphatic carbocycles. The van der Waals surface area contributed by atoms with Crippen molar-refractivity contribution >= 4 is 0 Å².